The summed E-state index contributed by atoms with van der Waals surface area (Å²) in [4.78, 5) is 17.0. The first-order chi connectivity index (χ1) is 10.8. The zero-order valence-electron chi connectivity index (χ0n) is 13.6. The van der Waals surface area contributed by atoms with Crippen LogP contribution in [0.5, 0.6) is 0 Å². The van der Waals surface area contributed by atoms with Crippen molar-refractivity contribution < 1.29 is 4.79 Å². The number of hydrogen-bond acceptors (Lipinski definition) is 2. The third-order valence-electron chi connectivity index (χ3n) is 4.98. The first-order valence-electron chi connectivity index (χ1n) is 8.68. The number of carbonyl (C=O) groups is 1. The second kappa shape index (κ2) is 7.03. The number of benzene rings is 1. The standard InChI is InChI=1S/C18H27N3O/c1-2-15-8-7-13-21(14-15)18(22)19-16-9-3-4-10-17(16)20-11-5-6-12-20/h3-4,9-10,15H,2,5-8,11-14H2,1H3,(H,19,22). The van der Waals surface area contributed by atoms with Crippen LogP contribution >= 0.6 is 0 Å². The van der Waals surface area contributed by atoms with Crippen molar-refractivity contribution in [2.24, 2.45) is 5.92 Å². The largest absolute Gasteiger partial charge is 0.370 e. The van der Waals surface area contributed by atoms with Crippen LogP contribution in [-0.4, -0.2) is 37.1 Å². The quantitative estimate of drug-likeness (QED) is 0.918. The van der Waals surface area contributed by atoms with Gasteiger partial charge in [0.15, 0.2) is 0 Å². The SMILES string of the molecule is CCC1CCCN(C(=O)Nc2ccccc2N2CCCC2)C1. The van der Waals surface area contributed by atoms with Gasteiger partial charge in [0.05, 0.1) is 11.4 Å². The summed E-state index contributed by atoms with van der Waals surface area (Å²) < 4.78 is 0. The highest BCUT2D eigenvalue weighted by molar-refractivity contribution is 5.93. The Morgan fingerprint density at radius 2 is 1.95 bits per heavy atom. The molecule has 2 fully saturated rings. The molecule has 2 saturated heterocycles. The van der Waals surface area contributed by atoms with Crippen molar-refractivity contribution in [2.45, 2.75) is 39.0 Å². The van der Waals surface area contributed by atoms with Gasteiger partial charge in [-0.15, -0.1) is 0 Å². The Morgan fingerprint density at radius 1 is 1.18 bits per heavy atom. The Bertz CT molecular complexity index is 511. The van der Waals surface area contributed by atoms with Gasteiger partial charge < -0.3 is 15.1 Å². The van der Waals surface area contributed by atoms with Crippen molar-refractivity contribution in [3.63, 3.8) is 0 Å². The third kappa shape index (κ3) is 3.37. The zero-order chi connectivity index (χ0) is 15.4. The maximum atomic E-state index is 12.6. The molecule has 120 valence electrons. The molecular formula is C18H27N3O. The lowest BCUT2D eigenvalue weighted by Gasteiger charge is -2.32. The Labute approximate surface area is 133 Å². The van der Waals surface area contributed by atoms with Crippen LogP contribution in [0.4, 0.5) is 16.2 Å². The Morgan fingerprint density at radius 3 is 2.73 bits per heavy atom. The van der Waals surface area contributed by atoms with Crippen LogP contribution < -0.4 is 10.2 Å². The molecule has 1 unspecified atom stereocenters. The van der Waals surface area contributed by atoms with Crippen LogP contribution in [0.3, 0.4) is 0 Å². The van der Waals surface area contributed by atoms with E-state index in [2.05, 4.69) is 29.3 Å². The maximum absolute atomic E-state index is 12.6. The van der Waals surface area contributed by atoms with Gasteiger partial charge in [-0.05, 0) is 43.7 Å². The molecule has 2 aliphatic rings. The van der Waals surface area contributed by atoms with Crippen molar-refractivity contribution in [1.82, 2.24) is 4.90 Å². The number of rotatable bonds is 3. The minimum atomic E-state index is 0.0600. The highest BCUT2D eigenvalue weighted by atomic mass is 16.2. The predicted molar refractivity (Wildman–Crippen MR) is 91.5 cm³/mol. The number of anilines is 2. The van der Waals surface area contributed by atoms with Crippen molar-refractivity contribution in [3.8, 4) is 0 Å². The third-order valence-corrected chi connectivity index (χ3v) is 4.98. The molecule has 22 heavy (non-hydrogen) atoms. The van der Waals surface area contributed by atoms with E-state index in [-0.39, 0.29) is 6.03 Å². The summed E-state index contributed by atoms with van der Waals surface area (Å²) in [7, 11) is 0. The molecule has 2 amide bonds. The molecular weight excluding hydrogens is 274 g/mol. The van der Waals surface area contributed by atoms with Crippen LogP contribution in [0.2, 0.25) is 0 Å². The molecule has 1 N–H and O–H groups in total. The first-order valence-corrected chi connectivity index (χ1v) is 8.68. The van der Waals surface area contributed by atoms with E-state index < -0.39 is 0 Å². The fourth-order valence-electron chi connectivity index (χ4n) is 3.59. The lowest BCUT2D eigenvalue weighted by atomic mass is 9.96. The molecule has 1 aromatic rings. The lowest BCUT2D eigenvalue weighted by Crippen LogP contribution is -2.42. The number of carbonyl (C=O) groups excluding carboxylic acids is 1. The number of piperidine rings is 1. The molecule has 2 aliphatic heterocycles. The smallest absolute Gasteiger partial charge is 0.321 e. The van der Waals surface area contributed by atoms with E-state index >= 15 is 0 Å². The van der Waals surface area contributed by atoms with Crippen LogP contribution in [0.1, 0.15) is 39.0 Å². The average Bonchev–Trinajstić information content (AvgIpc) is 3.09. The Kier molecular flexibility index (Phi) is 4.86. The first kappa shape index (κ1) is 15.2. The van der Waals surface area contributed by atoms with Crippen molar-refractivity contribution in [2.75, 3.05) is 36.4 Å². The topological polar surface area (TPSA) is 35.6 Å². The highest BCUT2D eigenvalue weighted by Gasteiger charge is 2.23. The number of hydrogen-bond donors (Lipinski definition) is 1. The summed E-state index contributed by atoms with van der Waals surface area (Å²) in [5.74, 6) is 0.660. The summed E-state index contributed by atoms with van der Waals surface area (Å²) in [6, 6.07) is 8.25. The molecule has 0 spiro atoms. The van der Waals surface area contributed by atoms with E-state index in [9.17, 15) is 4.79 Å². The number of para-hydroxylation sites is 2. The zero-order valence-corrected chi connectivity index (χ0v) is 13.6. The van der Waals surface area contributed by atoms with Gasteiger partial charge >= 0.3 is 6.03 Å². The minimum absolute atomic E-state index is 0.0600. The lowest BCUT2D eigenvalue weighted by molar-refractivity contribution is 0.176. The monoisotopic (exact) mass is 301 g/mol. The molecule has 0 aliphatic carbocycles. The fraction of sp³-hybridized carbons (Fsp3) is 0.611. The second-order valence-electron chi connectivity index (χ2n) is 6.50. The summed E-state index contributed by atoms with van der Waals surface area (Å²) in [6.45, 7) is 6.18. The Balaban J connectivity index is 1.68. The van der Waals surface area contributed by atoms with Crippen LogP contribution in [0.25, 0.3) is 0 Å². The molecule has 1 atom stereocenters. The van der Waals surface area contributed by atoms with E-state index in [0.717, 1.165) is 50.4 Å². The van der Waals surface area contributed by atoms with E-state index in [1.165, 1.54) is 19.3 Å². The van der Waals surface area contributed by atoms with Gasteiger partial charge in [-0.3, -0.25) is 0 Å². The molecule has 2 heterocycles. The highest BCUT2D eigenvalue weighted by Crippen LogP contribution is 2.29. The maximum Gasteiger partial charge on any atom is 0.321 e. The van der Waals surface area contributed by atoms with E-state index in [1.54, 1.807) is 0 Å². The van der Waals surface area contributed by atoms with E-state index in [4.69, 9.17) is 0 Å². The normalized spacial score (nSPS) is 22.0. The van der Waals surface area contributed by atoms with Crippen LogP contribution in [-0.2, 0) is 0 Å². The minimum Gasteiger partial charge on any atom is -0.370 e. The predicted octanol–water partition coefficient (Wildman–Crippen LogP) is 3.94. The van der Waals surface area contributed by atoms with Gasteiger partial charge in [-0.2, -0.15) is 0 Å². The van der Waals surface area contributed by atoms with Gasteiger partial charge in [0.1, 0.15) is 0 Å². The van der Waals surface area contributed by atoms with Gasteiger partial charge in [-0.1, -0.05) is 25.5 Å². The second-order valence-corrected chi connectivity index (χ2v) is 6.50. The average molecular weight is 301 g/mol. The van der Waals surface area contributed by atoms with Crippen LogP contribution in [0, 0.1) is 5.92 Å². The van der Waals surface area contributed by atoms with Crippen molar-refractivity contribution in [3.05, 3.63) is 24.3 Å². The van der Waals surface area contributed by atoms with Gasteiger partial charge in [-0.25, -0.2) is 4.79 Å². The number of nitrogens with zero attached hydrogens (tertiary/aromatic N) is 2. The Hall–Kier alpha value is -1.71. The van der Waals surface area contributed by atoms with Gasteiger partial charge in [0.25, 0.3) is 0 Å². The summed E-state index contributed by atoms with van der Waals surface area (Å²) in [5.41, 5.74) is 2.12. The summed E-state index contributed by atoms with van der Waals surface area (Å²) in [6.07, 6.45) is 6.03. The number of urea groups is 1. The summed E-state index contributed by atoms with van der Waals surface area (Å²) >= 11 is 0. The van der Waals surface area contributed by atoms with Gasteiger partial charge in [0.2, 0.25) is 0 Å². The number of likely N-dealkylation sites (tertiary alicyclic amines) is 1. The van der Waals surface area contributed by atoms with Crippen molar-refractivity contribution in [1.29, 1.82) is 0 Å². The van der Waals surface area contributed by atoms with Crippen molar-refractivity contribution >= 4 is 17.4 Å². The molecule has 4 heteroatoms. The molecule has 0 aromatic heterocycles. The molecule has 0 radical (unpaired) electrons. The fourth-order valence-corrected chi connectivity index (χ4v) is 3.59. The molecule has 1 aromatic carbocycles. The van der Waals surface area contributed by atoms with Gasteiger partial charge in [0, 0.05) is 26.2 Å². The van der Waals surface area contributed by atoms with Crippen LogP contribution in [0.15, 0.2) is 24.3 Å². The molecule has 0 bridgehead atoms. The van der Waals surface area contributed by atoms with E-state index in [1.807, 2.05) is 17.0 Å². The number of amides is 2. The molecule has 3 rings (SSSR count). The molecule has 0 saturated carbocycles. The summed E-state index contributed by atoms with van der Waals surface area (Å²) in [5, 5.41) is 3.15. The molecule has 4 nitrogen and oxygen atoms in total. The van der Waals surface area contributed by atoms with E-state index in [0.29, 0.717) is 5.92 Å². The number of nitrogens with one attached hydrogen (secondary N) is 1.